The monoisotopic (exact) mass is 622 g/mol. The molecule has 10 heteroatoms. The molecular weight excluding hydrogens is 579 g/mol. The van der Waals surface area contributed by atoms with Gasteiger partial charge in [0.15, 0.2) is 0 Å². The molecule has 3 aromatic carbocycles. The molecule has 0 spiro atoms. The lowest BCUT2D eigenvalue weighted by molar-refractivity contribution is -0.140. The number of hydrogen-bond acceptors (Lipinski definition) is 4. The summed E-state index contributed by atoms with van der Waals surface area (Å²) in [5.74, 6) is -1.24. The molecule has 2 amide bonds. The van der Waals surface area contributed by atoms with Crippen molar-refractivity contribution < 1.29 is 22.4 Å². The molecule has 0 unspecified atom stereocenters. The Hall–Kier alpha value is -3.76. The van der Waals surface area contributed by atoms with Crippen molar-refractivity contribution in [2.24, 2.45) is 0 Å². The second-order valence-corrected chi connectivity index (χ2v) is 13.9. The summed E-state index contributed by atoms with van der Waals surface area (Å²) in [6, 6.07) is 19.7. The van der Waals surface area contributed by atoms with Crippen LogP contribution in [-0.4, -0.2) is 62.2 Å². The molecule has 0 aromatic heterocycles. The highest BCUT2D eigenvalue weighted by Gasteiger charge is 2.36. The smallest absolute Gasteiger partial charge is 0.304 e. The molecule has 3 aromatic rings. The predicted molar refractivity (Wildman–Crippen MR) is 172 cm³/mol. The van der Waals surface area contributed by atoms with Gasteiger partial charge >= 0.3 is 10.2 Å². The van der Waals surface area contributed by atoms with Gasteiger partial charge in [-0.05, 0) is 67.1 Å². The van der Waals surface area contributed by atoms with Crippen LogP contribution in [0.25, 0.3) is 0 Å². The van der Waals surface area contributed by atoms with Gasteiger partial charge in [0.2, 0.25) is 11.8 Å². The quantitative estimate of drug-likeness (QED) is 0.303. The Morgan fingerprint density at radius 2 is 1.57 bits per heavy atom. The van der Waals surface area contributed by atoms with E-state index in [4.69, 9.17) is 0 Å². The molecule has 0 heterocycles. The summed E-state index contributed by atoms with van der Waals surface area (Å²) in [6.45, 7) is 3.13. The Kier molecular flexibility index (Phi) is 11.2. The summed E-state index contributed by atoms with van der Waals surface area (Å²) >= 11 is 0. The molecule has 8 nitrogen and oxygen atoms in total. The number of carbonyl (C=O) groups excluding carboxylic acids is 2. The van der Waals surface area contributed by atoms with Crippen LogP contribution >= 0.6 is 0 Å². The Bertz CT molecular complexity index is 1520. The lowest BCUT2D eigenvalue weighted by Crippen LogP contribution is -2.55. The number of rotatable bonds is 12. The molecule has 44 heavy (non-hydrogen) atoms. The first-order valence-corrected chi connectivity index (χ1v) is 16.5. The Morgan fingerprint density at radius 1 is 0.909 bits per heavy atom. The van der Waals surface area contributed by atoms with Crippen LogP contribution in [0.3, 0.4) is 0 Å². The molecule has 0 saturated heterocycles. The van der Waals surface area contributed by atoms with Crippen molar-refractivity contribution in [3.05, 3.63) is 101 Å². The molecular formula is C34H43FN4O4S. The maximum Gasteiger partial charge on any atom is 0.304 e. The van der Waals surface area contributed by atoms with Crippen molar-refractivity contribution in [2.45, 2.75) is 71.0 Å². The number of nitrogens with one attached hydrogen (secondary N) is 1. The first kappa shape index (κ1) is 33.1. The first-order valence-electron chi connectivity index (χ1n) is 15.1. The Morgan fingerprint density at radius 3 is 2.20 bits per heavy atom. The molecule has 0 bridgehead atoms. The predicted octanol–water partition coefficient (Wildman–Crippen LogP) is 5.14. The van der Waals surface area contributed by atoms with Crippen LogP contribution in [0.2, 0.25) is 0 Å². The average Bonchev–Trinajstić information content (AvgIpc) is 3.00. The van der Waals surface area contributed by atoms with E-state index in [0.717, 1.165) is 51.8 Å². The summed E-state index contributed by atoms with van der Waals surface area (Å²) in [4.78, 5) is 29.9. The normalized spacial score (nSPS) is 14.7. The van der Waals surface area contributed by atoms with E-state index in [0.29, 0.717) is 16.8 Å². The number of amides is 2. The number of halogens is 1. The van der Waals surface area contributed by atoms with Gasteiger partial charge < -0.3 is 10.2 Å². The fraction of sp³-hybridized carbons (Fsp3) is 0.412. The maximum absolute atomic E-state index is 14.4. The number of anilines is 1. The molecule has 0 aliphatic heterocycles. The van der Waals surface area contributed by atoms with E-state index in [-0.39, 0.29) is 24.9 Å². The van der Waals surface area contributed by atoms with Crippen molar-refractivity contribution in [1.82, 2.24) is 14.5 Å². The van der Waals surface area contributed by atoms with Gasteiger partial charge in [0, 0.05) is 33.1 Å². The summed E-state index contributed by atoms with van der Waals surface area (Å²) in [5, 5.41) is 3.19. The third-order valence-electron chi connectivity index (χ3n) is 8.14. The van der Waals surface area contributed by atoms with Gasteiger partial charge in [-0.3, -0.25) is 9.59 Å². The molecule has 1 fully saturated rings. The van der Waals surface area contributed by atoms with E-state index in [1.807, 2.05) is 49.4 Å². The van der Waals surface area contributed by atoms with E-state index in [2.05, 4.69) is 5.32 Å². The van der Waals surface area contributed by atoms with Crippen LogP contribution in [0.5, 0.6) is 0 Å². The zero-order chi connectivity index (χ0) is 31.9. The van der Waals surface area contributed by atoms with Crippen LogP contribution in [0.4, 0.5) is 10.1 Å². The zero-order valence-corrected chi connectivity index (χ0v) is 26.8. The van der Waals surface area contributed by atoms with Gasteiger partial charge in [-0.15, -0.1) is 0 Å². The van der Waals surface area contributed by atoms with E-state index in [1.54, 1.807) is 25.1 Å². The number of hydrogen-bond donors (Lipinski definition) is 1. The average molecular weight is 623 g/mol. The molecule has 1 saturated carbocycles. The number of aryl methyl sites for hydroxylation is 2. The van der Waals surface area contributed by atoms with E-state index < -0.39 is 34.5 Å². The fourth-order valence-corrected chi connectivity index (χ4v) is 6.69. The van der Waals surface area contributed by atoms with Crippen molar-refractivity contribution in [1.29, 1.82) is 0 Å². The van der Waals surface area contributed by atoms with Crippen LogP contribution in [-0.2, 0) is 32.8 Å². The number of carbonyl (C=O) groups is 2. The summed E-state index contributed by atoms with van der Waals surface area (Å²) in [7, 11) is -1.26. The Labute approximate surface area is 261 Å². The van der Waals surface area contributed by atoms with Gasteiger partial charge in [-0.25, -0.2) is 8.70 Å². The van der Waals surface area contributed by atoms with E-state index >= 15 is 0 Å². The van der Waals surface area contributed by atoms with E-state index in [1.165, 1.54) is 31.1 Å². The number of benzene rings is 3. The molecule has 4 rings (SSSR count). The van der Waals surface area contributed by atoms with E-state index in [9.17, 15) is 22.4 Å². The van der Waals surface area contributed by atoms with Crippen molar-refractivity contribution in [2.75, 3.05) is 24.9 Å². The summed E-state index contributed by atoms with van der Waals surface area (Å²) in [5.41, 5.74) is 3.40. The molecule has 1 aliphatic rings. The summed E-state index contributed by atoms with van der Waals surface area (Å²) < 4.78 is 43.3. The van der Waals surface area contributed by atoms with Crippen LogP contribution < -0.4 is 9.62 Å². The van der Waals surface area contributed by atoms with Crippen LogP contribution in [0, 0.1) is 19.7 Å². The maximum atomic E-state index is 14.4. The van der Waals surface area contributed by atoms with Gasteiger partial charge in [-0.2, -0.15) is 12.7 Å². The highest BCUT2D eigenvalue weighted by molar-refractivity contribution is 7.90. The van der Waals surface area contributed by atoms with Crippen LogP contribution in [0.15, 0.2) is 72.8 Å². The van der Waals surface area contributed by atoms with Gasteiger partial charge in [-0.1, -0.05) is 73.9 Å². The van der Waals surface area contributed by atoms with Crippen LogP contribution in [0.1, 0.15) is 54.4 Å². The highest BCUT2D eigenvalue weighted by atomic mass is 32.2. The molecule has 236 valence electrons. The zero-order valence-electron chi connectivity index (χ0n) is 26.0. The fourth-order valence-electron chi connectivity index (χ4n) is 5.57. The standard InChI is InChI=1S/C34H43FN4O4S/c1-25-15-16-26(2)31(21-25)39(44(42,43)37(3)4)24-33(40)38(23-28-17-19-29(35)20-18-28)32(22-27-11-7-5-8-12-27)34(41)36-30-13-9-6-10-14-30/h5,7-8,11-12,15-21,30,32H,6,9-10,13-14,22-24H2,1-4H3,(H,36,41)/t32-/m1/s1. The molecule has 0 radical (unpaired) electrons. The minimum atomic E-state index is -4.10. The second kappa shape index (κ2) is 14.8. The third-order valence-corrected chi connectivity index (χ3v) is 9.95. The molecule has 1 N–H and O–H groups in total. The van der Waals surface area contributed by atoms with Gasteiger partial charge in [0.1, 0.15) is 18.4 Å². The van der Waals surface area contributed by atoms with Crippen molar-refractivity contribution in [3.63, 3.8) is 0 Å². The second-order valence-electron chi connectivity index (χ2n) is 11.8. The highest BCUT2D eigenvalue weighted by Crippen LogP contribution is 2.27. The molecule has 1 atom stereocenters. The SMILES string of the molecule is Cc1ccc(C)c(N(CC(=O)N(Cc2ccc(F)cc2)[C@H](Cc2ccccc2)C(=O)NC2CCCCC2)S(=O)(=O)N(C)C)c1. The van der Waals surface area contributed by atoms with Gasteiger partial charge in [0.25, 0.3) is 0 Å². The number of nitrogens with zero attached hydrogens (tertiary/aromatic N) is 3. The summed E-state index contributed by atoms with van der Waals surface area (Å²) in [6.07, 6.45) is 5.16. The first-order chi connectivity index (χ1) is 21.0. The molecule has 1 aliphatic carbocycles. The minimum absolute atomic E-state index is 0.00263. The largest absolute Gasteiger partial charge is 0.352 e. The van der Waals surface area contributed by atoms with Crippen molar-refractivity contribution in [3.8, 4) is 0 Å². The lowest BCUT2D eigenvalue weighted by atomic mass is 9.94. The third kappa shape index (κ3) is 8.45. The van der Waals surface area contributed by atoms with Gasteiger partial charge in [0.05, 0.1) is 5.69 Å². The lowest BCUT2D eigenvalue weighted by Gasteiger charge is -2.35. The van der Waals surface area contributed by atoms with Crippen molar-refractivity contribution >= 4 is 27.7 Å². The Balaban J connectivity index is 1.77. The topological polar surface area (TPSA) is 90.0 Å². The minimum Gasteiger partial charge on any atom is -0.352 e.